The second kappa shape index (κ2) is 5.01. The summed E-state index contributed by atoms with van der Waals surface area (Å²) in [4.78, 5) is 14.6. The Labute approximate surface area is 121 Å². The molecule has 1 aromatic carbocycles. The van der Waals surface area contributed by atoms with Crippen LogP contribution in [0.1, 0.15) is 24.3 Å². The second-order valence-electron chi connectivity index (χ2n) is 5.34. The first-order chi connectivity index (χ1) is 9.54. The quantitative estimate of drug-likeness (QED) is 0.789. The van der Waals surface area contributed by atoms with Gasteiger partial charge in [0.2, 0.25) is 0 Å². The summed E-state index contributed by atoms with van der Waals surface area (Å²) in [6.45, 7) is 5.84. The Morgan fingerprint density at radius 3 is 2.80 bits per heavy atom. The maximum Gasteiger partial charge on any atom is 0.275 e. The number of amides is 1. The van der Waals surface area contributed by atoms with Crippen molar-refractivity contribution in [3.05, 3.63) is 23.9 Å². The van der Waals surface area contributed by atoms with Crippen molar-refractivity contribution in [1.29, 1.82) is 0 Å². The van der Waals surface area contributed by atoms with E-state index in [-0.39, 0.29) is 5.91 Å². The van der Waals surface area contributed by atoms with Crippen LogP contribution in [0.3, 0.4) is 0 Å². The molecule has 1 aromatic heterocycles. The van der Waals surface area contributed by atoms with E-state index in [1.54, 1.807) is 12.1 Å². The number of hydrogen-bond donors (Lipinski definition) is 2. The molecule has 2 atom stereocenters. The van der Waals surface area contributed by atoms with Crippen LogP contribution in [0.15, 0.2) is 18.2 Å². The number of carbonyl (C=O) groups excluding carboxylic acids is 1. The number of aromatic amines is 1. The number of nitrogens with one attached hydrogen (secondary N) is 1. The third kappa shape index (κ3) is 2.35. The molecule has 3 N–H and O–H groups in total. The molecule has 2 heterocycles. The lowest BCUT2D eigenvalue weighted by atomic mass is 10.1. The Hall–Kier alpha value is -1.69. The normalized spacial score (nSPS) is 23.2. The van der Waals surface area contributed by atoms with Crippen molar-refractivity contribution in [3.8, 4) is 0 Å². The van der Waals surface area contributed by atoms with E-state index < -0.39 is 0 Å². The van der Waals surface area contributed by atoms with Gasteiger partial charge in [-0.3, -0.25) is 9.89 Å². The first-order valence-electron chi connectivity index (χ1n) is 6.73. The van der Waals surface area contributed by atoms with Gasteiger partial charge in [0.05, 0.1) is 5.52 Å². The first-order valence-corrected chi connectivity index (χ1v) is 7.67. The van der Waals surface area contributed by atoms with Crippen molar-refractivity contribution in [2.45, 2.75) is 24.3 Å². The summed E-state index contributed by atoms with van der Waals surface area (Å²) in [5.41, 5.74) is 7.76. The molecule has 1 amide bonds. The molecule has 1 aliphatic rings. The zero-order valence-electron chi connectivity index (χ0n) is 11.6. The van der Waals surface area contributed by atoms with Gasteiger partial charge in [0.25, 0.3) is 5.91 Å². The smallest absolute Gasteiger partial charge is 0.275 e. The number of nitrogens with zero attached hydrogens (tertiary/aromatic N) is 2. The topological polar surface area (TPSA) is 75.0 Å². The number of carbonyl (C=O) groups is 1. The molecular formula is C14H18N4OS. The molecule has 1 fully saturated rings. The predicted molar refractivity (Wildman–Crippen MR) is 82.9 cm³/mol. The third-order valence-corrected chi connectivity index (χ3v) is 4.72. The number of aromatic nitrogens is 2. The van der Waals surface area contributed by atoms with Gasteiger partial charge in [0, 0.05) is 34.7 Å². The molecule has 3 rings (SSSR count). The monoisotopic (exact) mass is 290 g/mol. The van der Waals surface area contributed by atoms with Gasteiger partial charge in [-0.25, -0.2) is 0 Å². The van der Waals surface area contributed by atoms with E-state index >= 15 is 0 Å². The van der Waals surface area contributed by atoms with Crippen LogP contribution >= 0.6 is 11.8 Å². The Morgan fingerprint density at radius 1 is 1.40 bits per heavy atom. The maximum atomic E-state index is 12.7. The number of hydrogen-bond acceptors (Lipinski definition) is 4. The van der Waals surface area contributed by atoms with Gasteiger partial charge in [0.15, 0.2) is 5.69 Å². The van der Waals surface area contributed by atoms with Crippen LogP contribution in [0.2, 0.25) is 0 Å². The lowest BCUT2D eigenvalue weighted by molar-refractivity contribution is 0.0749. The van der Waals surface area contributed by atoms with Crippen molar-refractivity contribution in [2.24, 2.45) is 0 Å². The molecule has 5 nitrogen and oxygen atoms in total. The number of rotatable bonds is 1. The average molecular weight is 290 g/mol. The van der Waals surface area contributed by atoms with Crippen molar-refractivity contribution < 1.29 is 4.79 Å². The minimum Gasteiger partial charge on any atom is -0.399 e. The number of H-pyrrole nitrogens is 1. The summed E-state index contributed by atoms with van der Waals surface area (Å²) in [6, 6.07) is 5.46. The van der Waals surface area contributed by atoms with Crippen LogP contribution in [0.25, 0.3) is 10.9 Å². The molecule has 2 unspecified atom stereocenters. The largest absolute Gasteiger partial charge is 0.399 e. The average Bonchev–Trinajstić information content (AvgIpc) is 2.79. The van der Waals surface area contributed by atoms with Crippen LogP contribution in [0.4, 0.5) is 5.69 Å². The number of nitrogen functional groups attached to an aromatic ring is 1. The molecule has 2 aromatic rings. The predicted octanol–water partition coefficient (Wildman–Crippen LogP) is 2.11. The van der Waals surface area contributed by atoms with Gasteiger partial charge in [0.1, 0.15) is 0 Å². The zero-order valence-corrected chi connectivity index (χ0v) is 12.4. The Bertz CT molecular complexity index is 644. The number of thioether (sulfide) groups is 1. The summed E-state index contributed by atoms with van der Waals surface area (Å²) in [6.07, 6.45) is 0. The van der Waals surface area contributed by atoms with Gasteiger partial charge in [-0.2, -0.15) is 16.9 Å². The molecule has 0 bridgehead atoms. The van der Waals surface area contributed by atoms with E-state index in [1.165, 1.54) is 0 Å². The van der Waals surface area contributed by atoms with E-state index in [4.69, 9.17) is 5.73 Å². The Balaban J connectivity index is 1.94. The van der Waals surface area contributed by atoms with Gasteiger partial charge in [-0.15, -0.1) is 0 Å². The fourth-order valence-corrected chi connectivity index (χ4v) is 4.01. The standard InChI is InChI=1S/C14H18N4OS/c1-8-6-18(7-9(2)20-8)14(19)13-11-5-10(15)3-4-12(11)16-17-13/h3-5,8-9H,6-7,15H2,1-2H3,(H,16,17). The number of benzene rings is 1. The molecule has 1 aliphatic heterocycles. The zero-order chi connectivity index (χ0) is 14.3. The highest BCUT2D eigenvalue weighted by Crippen LogP contribution is 2.27. The summed E-state index contributed by atoms with van der Waals surface area (Å²) in [7, 11) is 0. The molecule has 20 heavy (non-hydrogen) atoms. The van der Waals surface area contributed by atoms with E-state index in [1.807, 2.05) is 22.7 Å². The van der Waals surface area contributed by atoms with Gasteiger partial charge in [-0.05, 0) is 18.2 Å². The van der Waals surface area contributed by atoms with E-state index in [0.717, 1.165) is 24.0 Å². The summed E-state index contributed by atoms with van der Waals surface area (Å²) in [5, 5.41) is 8.80. The van der Waals surface area contributed by atoms with Gasteiger partial charge >= 0.3 is 0 Å². The highest BCUT2D eigenvalue weighted by molar-refractivity contribution is 8.00. The Morgan fingerprint density at radius 2 is 2.10 bits per heavy atom. The number of fused-ring (bicyclic) bond motifs is 1. The van der Waals surface area contributed by atoms with Gasteiger partial charge in [-0.1, -0.05) is 13.8 Å². The second-order valence-corrected chi connectivity index (χ2v) is 7.23. The van der Waals surface area contributed by atoms with Crippen molar-refractivity contribution in [3.63, 3.8) is 0 Å². The van der Waals surface area contributed by atoms with Crippen LogP contribution in [-0.4, -0.2) is 44.6 Å². The third-order valence-electron chi connectivity index (χ3n) is 3.50. The minimum absolute atomic E-state index is 0.0131. The van der Waals surface area contributed by atoms with Crippen molar-refractivity contribution >= 4 is 34.3 Å². The molecule has 106 valence electrons. The van der Waals surface area contributed by atoms with Crippen LogP contribution < -0.4 is 5.73 Å². The lowest BCUT2D eigenvalue weighted by Gasteiger charge is -2.34. The minimum atomic E-state index is -0.0131. The van der Waals surface area contributed by atoms with Crippen LogP contribution in [-0.2, 0) is 0 Å². The number of nitrogens with two attached hydrogens (primary N) is 1. The molecule has 0 saturated carbocycles. The van der Waals surface area contributed by atoms with E-state index in [0.29, 0.717) is 21.9 Å². The van der Waals surface area contributed by atoms with Crippen LogP contribution in [0.5, 0.6) is 0 Å². The SMILES string of the molecule is CC1CN(C(=O)c2n[nH]c3ccc(N)cc23)CC(C)S1. The molecule has 0 aliphatic carbocycles. The van der Waals surface area contributed by atoms with E-state index in [2.05, 4.69) is 24.0 Å². The molecule has 0 spiro atoms. The fraction of sp³-hybridized carbons (Fsp3) is 0.429. The number of anilines is 1. The highest BCUT2D eigenvalue weighted by Gasteiger charge is 2.28. The molecule has 6 heteroatoms. The Kier molecular flexibility index (Phi) is 3.33. The van der Waals surface area contributed by atoms with Crippen molar-refractivity contribution in [2.75, 3.05) is 18.8 Å². The fourth-order valence-electron chi connectivity index (χ4n) is 2.69. The molecule has 1 saturated heterocycles. The first kappa shape index (κ1) is 13.3. The van der Waals surface area contributed by atoms with E-state index in [9.17, 15) is 4.79 Å². The summed E-state index contributed by atoms with van der Waals surface area (Å²) >= 11 is 1.92. The summed E-state index contributed by atoms with van der Waals surface area (Å²) < 4.78 is 0. The highest BCUT2D eigenvalue weighted by atomic mass is 32.2. The van der Waals surface area contributed by atoms with Gasteiger partial charge < -0.3 is 10.6 Å². The van der Waals surface area contributed by atoms with Crippen molar-refractivity contribution in [1.82, 2.24) is 15.1 Å². The molecule has 0 radical (unpaired) electrons. The lowest BCUT2D eigenvalue weighted by Crippen LogP contribution is -2.44. The summed E-state index contributed by atoms with van der Waals surface area (Å²) in [5.74, 6) is -0.0131. The molecular weight excluding hydrogens is 272 g/mol. The maximum absolute atomic E-state index is 12.7. The van der Waals surface area contributed by atoms with Crippen LogP contribution in [0, 0.1) is 0 Å².